The Kier molecular flexibility index (Phi) is 9.33. The van der Waals surface area contributed by atoms with Gasteiger partial charge in [0.1, 0.15) is 11.6 Å². The van der Waals surface area contributed by atoms with Crippen LogP contribution >= 0.6 is 0 Å². The molecule has 6 aromatic rings. The first kappa shape index (κ1) is 32.4. The van der Waals surface area contributed by atoms with Crippen molar-refractivity contribution in [2.24, 2.45) is 0 Å². The van der Waals surface area contributed by atoms with Gasteiger partial charge in [0.15, 0.2) is 23.1 Å². The molecule has 0 aliphatic heterocycles. The molecule has 11 nitrogen and oxygen atoms in total. The summed E-state index contributed by atoms with van der Waals surface area (Å²) < 4.78 is 52.8. The van der Waals surface area contributed by atoms with Crippen LogP contribution in [0.2, 0.25) is 0 Å². The largest absolute Gasteiger partial charge is 0.493 e. The quantitative estimate of drug-likeness (QED) is 0.176. The van der Waals surface area contributed by atoms with Gasteiger partial charge in [-0.1, -0.05) is 30.3 Å². The van der Waals surface area contributed by atoms with E-state index in [1.165, 1.54) is 49.2 Å². The van der Waals surface area contributed by atoms with Crippen LogP contribution in [-0.2, 0) is 13.0 Å². The van der Waals surface area contributed by atoms with E-state index in [-0.39, 0.29) is 23.7 Å². The van der Waals surface area contributed by atoms with Crippen molar-refractivity contribution in [2.75, 3.05) is 19.5 Å². The second-order valence-corrected chi connectivity index (χ2v) is 10.6. The number of fused-ring (bicyclic) bond motifs is 1. The predicted octanol–water partition coefficient (Wildman–Crippen LogP) is 6.49. The Morgan fingerprint density at radius 1 is 0.816 bits per heavy atom. The summed E-state index contributed by atoms with van der Waals surface area (Å²) in [6, 6.07) is 22.7. The lowest BCUT2D eigenvalue weighted by Crippen LogP contribution is -2.40. The van der Waals surface area contributed by atoms with Gasteiger partial charge in [0, 0.05) is 35.9 Å². The number of rotatable bonds is 10. The molecule has 1 N–H and O–H groups in total. The molecule has 0 saturated heterocycles. The van der Waals surface area contributed by atoms with Gasteiger partial charge in [0.05, 0.1) is 31.6 Å². The fourth-order valence-corrected chi connectivity index (χ4v) is 5.08. The third kappa shape index (κ3) is 7.10. The fourth-order valence-electron chi connectivity index (χ4n) is 5.08. The highest BCUT2D eigenvalue weighted by molar-refractivity contribution is 5.88. The molecule has 1 amide bonds. The number of amides is 1. The molecular formula is C36H28F2N4O7. The molecule has 0 saturated carbocycles. The summed E-state index contributed by atoms with van der Waals surface area (Å²) in [5.41, 5.74) is -0.124. The van der Waals surface area contributed by atoms with Crippen molar-refractivity contribution in [1.82, 2.24) is 14.1 Å². The van der Waals surface area contributed by atoms with Crippen LogP contribution in [0.3, 0.4) is 0 Å². The molecule has 2 aromatic heterocycles. The van der Waals surface area contributed by atoms with Crippen molar-refractivity contribution in [2.45, 2.75) is 13.0 Å². The summed E-state index contributed by atoms with van der Waals surface area (Å²) in [5.74, 6) is -0.802. The van der Waals surface area contributed by atoms with Crippen LogP contribution in [0.25, 0.3) is 16.6 Å². The predicted molar refractivity (Wildman–Crippen MR) is 177 cm³/mol. The summed E-state index contributed by atoms with van der Waals surface area (Å²) in [7, 11) is 2.99. The molecule has 0 spiro atoms. The topological polar surface area (TPSA) is 123 Å². The number of halogens is 2. The molecule has 0 radical (unpaired) electrons. The molecule has 6 rings (SSSR count). The third-order valence-electron chi connectivity index (χ3n) is 7.50. The monoisotopic (exact) mass is 666 g/mol. The Morgan fingerprint density at radius 3 is 2.27 bits per heavy atom. The number of carbonyl (C=O) groups excluding carboxylic acids is 1. The number of nitrogens with zero attached hydrogens (tertiary/aromatic N) is 3. The van der Waals surface area contributed by atoms with E-state index in [0.29, 0.717) is 34.6 Å². The number of methoxy groups -OCH3 is 2. The summed E-state index contributed by atoms with van der Waals surface area (Å²) in [6.07, 6.45) is 1.94. The molecule has 0 unspecified atom stereocenters. The minimum Gasteiger partial charge on any atom is -0.493 e. The molecule has 13 heteroatoms. The molecular weight excluding hydrogens is 638 g/mol. The number of nitrogens with one attached hydrogen (secondary N) is 1. The maximum Gasteiger partial charge on any atom is 0.417 e. The normalized spacial score (nSPS) is 10.9. The van der Waals surface area contributed by atoms with Crippen molar-refractivity contribution in [3.8, 4) is 34.4 Å². The van der Waals surface area contributed by atoms with Crippen molar-refractivity contribution in [3.63, 3.8) is 0 Å². The Labute approximate surface area is 277 Å². The number of hydrogen-bond donors (Lipinski definition) is 1. The van der Waals surface area contributed by atoms with Crippen LogP contribution in [0.4, 0.5) is 19.3 Å². The molecule has 2 heterocycles. The lowest BCUT2D eigenvalue weighted by Gasteiger charge is -2.14. The van der Waals surface area contributed by atoms with E-state index in [1.807, 2.05) is 30.3 Å². The third-order valence-corrected chi connectivity index (χ3v) is 7.50. The smallest absolute Gasteiger partial charge is 0.417 e. The molecule has 0 aliphatic rings. The van der Waals surface area contributed by atoms with Crippen LogP contribution in [0, 0.1) is 11.6 Å². The molecule has 0 bridgehead atoms. The van der Waals surface area contributed by atoms with Gasteiger partial charge in [0.25, 0.3) is 0 Å². The maximum absolute atomic E-state index is 15.2. The number of pyridine rings is 1. The maximum atomic E-state index is 15.2. The van der Waals surface area contributed by atoms with Crippen LogP contribution in [0.5, 0.6) is 28.7 Å². The Balaban J connectivity index is 1.23. The average molecular weight is 667 g/mol. The van der Waals surface area contributed by atoms with Gasteiger partial charge in [-0.3, -0.25) is 19.7 Å². The average Bonchev–Trinajstić information content (AvgIpc) is 3.11. The molecule has 49 heavy (non-hydrogen) atoms. The Hall–Kier alpha value is -6.50. The number of anilines is 1. The minimum atomic E-state index is -1.12. The minimum absolute atomic E-state index is 0.00268. The van der Waals surface area contributed by atoms with Gasteiger partial charge in [-0.2, -0.15) is 0 Å². The summed E-state index contributed by atoms with van der Waals surface area (Å²) in [6.45, 7) is 0.141. The lowest BCUT2D eigenvalue weighted by atomic mass is 10.1. The molecule has 0 aliphatic carbocycles. The van der Waals surface area contributed by atoms with E-state index < -0.39 is 34.7 Å². The summed E-state index contributed by atoms with van der Waals surface area (Å²) in [5, 5.41) is 2.93. The number of aromatic nitrogens is 3. The lowest BCUT2D eigenvalue weighted by molar-refractivity contribution is 0.213. The van der Waals surface area contributed by atoms with E-state index >= 15 is 4.39 Å². The molecule has 248 valence electrons. The van der Waals surface area contributed by atoms with E-state index in [2.05, 4.69) is 10.3 Å². The highest BCUT2D eigenvalue weighted by atomic mass is 19.1. The standard InChI is InChI=1S/C36H28F2N4O7/c1-46-31-19-26-28(20-32(31)47-2)39-16-14-29(26)48-30-13-10-24(18-27(30)38)40-35(44)49-33-21-41(17-15-22-6-4-3-5-7-22)36(45)42(34(33)43)25-11-8-23(37)9-12-25/h3-14,16,18-21H,15,17H2,1-2H3,(H,40,44). The Morgan fingerprint density at radius 2 is 1.55 bits per heavy atom. The second-order valence-electron chi connectivity index (χ2n) is 10.6. The first-order chi connectivity index (χ1) is 23.7. The van der Waals surface area contributed by atoms with Gasteiger partial charge in [-0.25, -0.2) is 22.9 Å². The van der Waals surface area contributed by atoms with Gasteiger partial charge < -0.3 is 18.9 Å². The number of hydrogen-bond acceptors (Lipinski definition) is 8. The number of benzene rings is 4. The van der Waals surface area contributed by atoms with E-state index in [1.54, 1.807) is 18.2 Å². The van der Waals surface area contributed by atoms with Crippen molar-refractivity contribution in [1.29, 1.82) is 0 Å². The number of ether oxygens (including phenoxy) is 4. The zero-order chi connectivity index (χ0) is 34.5. The van der Waals surface area contributed by atoms with Gasteiger partial charge in [0.2, 0.25) is 5.75 Å². The number of aryl methyl sites for hydroxylation is 2. The Bertz CT molecular complexity index is 2270. The first-order valence-electron chi connectivity index (χ1n) is 14.9. The molecule has 0 fully saturated rings. The van der Waals surface area contributed by atoms with Gasteiger partial charge >= 0.3 is 17.3 Å². The zero-order valence-corrected chi connectivity index (χ0v) is 26.2. The van der Waals surface area contributed by atoms with Crippen LogP contribution in [0.1, 0.15) is 5.56 Å². The second kappa shape index (κ2) is 14.1. The van der Waals surface area contributed by atoms with Gasteiger partial charge in [-0.15, -0.1) is 0 Å². The molecule has 4 aromatic carbocycles. The zero-order valence-electron chi connectivity index (χ0n) is 26.2. The van der Waals surface area contributed by atoms with E-state index in [0.717, 1.165) is 34.5 Å². The van der Waals surface area contributed by atoms with Crippen LogP contribution < -0.4 is 35.5 Å². The highest BCUT2D eigenvalue weighted by Crippen LogP contribution is 2.37. The van der Waals surface area contributed by atoms with Crippen molar-refractivity contribution < 1.29 is 32.5 Å². The molecule has 0 atom stereocenters. The fraction of sp³-hybridized carbons (Fsp3) is 0.111. The summed E-state index contributed by atoms with van der Waals surface area (Å²) >= 11 is 0. The van der Waals surface area contributed by atoms with E-state index in [4.69, 9.17) is 18.9 Å². The number of carbonyl (C=O) groups is 1. The van der Waals surface area contributed by atoms with Crippen molar-refractivity contribution in [3.05, 3.63) is 141 Å². The highest BCUT2D eigenvalue weighted by Gasteiger charge is 2.19. The van der Waals surface area contributed by atoms with E-state index in [9.17, 15) is 18.8 Å². The van der Waals surface area contributed by atoms with Gasteiger partial charge in [-0.05, 0) is 60.5 Å². The van der Waals surface area contributed by atoms with Crippen LogP contribution in [-0.4, -0.2) is 34.4 Å². The first-order valence-corrected chi connectivity index (χ1v) is 14.9. The van der Waals surface area contributed by atoms with Crippen molar-refractivity contribution >= 4 is 22.7 Å². The summed E-state index contributed by atoms with van der Waals surface area (Å²) in [4.78, 5) is 44.0. The van der Waals surface area contributed by atoms with Crippen LogP contribution in [0.15, 0.2) is 113 Å². The SMILES string of the molecule is COc1cc2nccc(Oc3ccc(NC(=O)Oc4cn(CCc5ccccc5)c(=O)n(-c5ccc(F)cc5)c4=O)cc3F)c2cc1OC.